The SMILES string of the molecule is CN=C1S[C@H](CC(=O)O)C(=O)N1C. The van der Waals surface area contributed by atoms with Crippen molar-refractivity contribution in [3.05, 3.63) is 0 Å². The van der Waals surface area contributed by atoms with Gasteiger partial charge in [0.2, 0.25) is 5.91 Å². The van der Waals surface area contributed by atoms with Gasteiger partial charge in [-0.25, -0.2) is 0 Å². The first-order valence-corrected chi connectivity index (χ1v) is 4.57. The smallest absolute Gasteiger partial charge is 0.305 e. The molecule has 0 unspecified atom stereocenters. The summed E-state index contributed by atoms with van der Waals surface area (Å²) in [5.41, 5.74) is 0. The number of carbonyl (C=O) groups excluding carboxylic acids is 1. The van der Waals surface area contributed by atoms with Gasteiger partial charge in [0.1, 0.15) is 5.25 Å². The van der Waals surface area contributed by atoms with Crippen molar-refractivity contribution >= 4 is 28.8 Å². The highest BCUT2D eigenvalue weighted by Gasteiger charge is 2.36. The Morgan fingerprint density at radius 2 is 2.38 bits per heavy atom. The van der Waals surface area contributed by atoms with Crippen molar-refractivity contribution in [2.45, 2.75) is 11.7 Å². The van der Waals surface area contributed by atoms with Crippen molar-refractivity contribution in [1.82, 2.24) is 4.90 Å². The summed E-state index contributed by atoms with van der Waals surface area (Å²) in [6.45, 7) is 0. The predicted octanol–water partition coefficient (Wildman–Crippen LogP) is 0.0207. The molecule has 5 nitrogen and oxygen atoms in total. The molecule has 1 heterocycles. The molecule has 0 aromatic carbocycles. The number of thioether (sulfide) groups is 1. The van der Waals surface area contributed by atoms with Gasteiger partial charge in [0, 0.05) is 14.1 Å². The van der Waals surface area contributed by atoms with E-state index < -0.39 is 11.2 Å². The number of nitrogens with zero attached hydrogens (tertiary/aromatic N) is 2. The summed E-state index contributed by atoms with van der Waals surface area (Å²) >= 11 is 1.20. The highest BCUT2D eigenvalue weighted by molar-refractivity contribution is 8.15. The third-order valence-electron chi connectivity index (χ3n) is 1.69. The Morgan fingerprint density at radius 3 is 2.77 bits per heavy atom. The first kappa shape index (κ1) is 10.0. The van der Waals surface area contributed by atoms with E-state index in [-0.39, 0.29) is 12.3 Å². The van der Waals surface area contributed by atoms with Crippen LogP contribution in [-0.2, 0) is 9.59 Å². The Labute approximate surface area is 79.8 Å². The quantitative estimate of drug-likeness (QED) is 0.685. The number of amidine groups is 1. The molecule has 0 spiro atoms. The van der Waals surface area contributed by atoms with Crippen LogP contribution < -0.4 is 0 Å². The average Bonchev–Trinajstić information content (AvgIpc) is 2.32. The van der Waals surface area contributed by atoms with Crippen LogP contribution in [0.5, 0.6) is 0 Å². The molecule has 1 fully saturated rings. The maximum Gasteiger partial charge on any atom is 0.305 e. The summed E-state index contributed by atoms with van der Waals surface area (Å²) in [4.78, 5) is 27.0. The second-order valence-electron chi connectivity index (χ2n) is 2.61. The second kappa shape index (κ2) is 3.78. The number of rotatable bonds is 2. The van der Waals surface area contributed by atoms with Gasteiger partial charge in [-0.2, -0.15) is 0 Å². The fourth-order valence-electron chi connectivity index (χ4n) is 1.06. The largest absolute Gasteiger partial charge is 0.481 e. The number of aliphatic imine (C=N–C) groups is 1. The van der Waals surface area contributed by atoms with Gasteiger partial charge in [-0.05, 0) is 0 Å². The first-order valence-electron chi connectivity index (χ1n) is 3.69. The van der Waals surface area contributed by atoms with Gasteiger partial charge in [0.25, 0.3) is 0 Å². The van der Waals surface area contributed by atoms with Gasteiger partial charge < -0.3 is 5.11 Å². The van der Waals surface area contributed by atoms with Crippen molar-refractivity contribution in [3.63, 3.8) is 0 Å². The van der Waals surface area contributed by atoms with E-state index in [0.717, 1.165) is 0 Å². The number of aliphatic carboxylic acids is 1. The molecular formula is C7H10N2O3S. The molecule has 1 N–H and O–H groups in total. The number of carboxylic acid groups (broad SMARTS) is 1. The lowest BCUT2D eigenvalue weighted by molar-refractivity contribution is -0.139. The van der Waals surface area contributed by atoms with Crippen molar-refractivity contribution in [3.8, 4) is 0 Å². The third-order valence-corrected chi connectivity index (χ3v) is 3.01. The molecule has 72 valence electrons. The maximum absolute atomic E-state index is 11.4. The molecule has 0 aliphatic carbocycles. The van der Waals surface area contributed by atoms with Crippen LogP contribution in [0.25, 0.3) is 0 Å². The lowest BCUT2D eigenvalue weighted by Gasteiger charge is -2.06. The topological polar surface area (TPSA) is 70.0 Å². The van der Waals surface area contributed by atoms with Crippen LogP contribution in [0.4, 0.5) is 0 Å². The van der Waals surface area contributed by atoms with Crippen LogP contribution in [0.3, 0.4) is 0 Å². The molecule has 1 amide bonds. The van der Waals surface area contributed by atoms with Crippen LogP contribution >= 0.6 is 11.8 Å². The summed E-state index contributed by atoms with van der Waals surface area (Å²) in [5, 5.41) is 8.58. The molecule has 1 aliphatic rings. The molecule has 6 heteroatoms. The molecule has 0 radical (unpaired) electrons. The fourth-order valence-corrected chi connectivity index (χ4v) is 2.15. The molecule has 0 bridgehead atoms. The van der Waals surface area contributed by atoms with Crippen LogP contribution in [0, 0.1) is 0 Å². The van der Waals surface area contributed by atoms with E-state index in [9.17, 15) is 9.59 Å². The highest BCUT2D eigenvalue weighted by atomic mass is 32.2. The summed E-state index contributed by atoms with van der Waals surface area (Å²) in [5.74, 6) is -1.15. The normalized spacial score (nSPS) is 25.7. The Morgan fingerprint density at radius 1 is 1.77 bits per heavy atom. The first-order chi connectivity index (χ1) is 6.06. The monoisotopic (exact) mass is 202 g/mol. The second-order valence-corrected chi connectivity index (χ2v) is 3.78. The Balaban J connectivity index is 2.72. The summed E-state index contributed by atoms with van der Waals surface area (Å²) in [7, 11) is 3.18. The lowest BCUT2D eigenvalue weighted by Crippen LogP contribution is -2.28. The minimum absolute atomic E-state index is 0.146. The number of hydrogen-bond donors (Lipinski definition) is 1. The maximum atomic E-state index is 11.4. The molecule has 13 heavy (non-hydrogen) atoms. The van der Waals surface area contributed by atoms with E-state index in [0.29, 0.717) is 5.17 Å². The van der Waals surface area contributed by atoms with E-state index in [1.807, 2.05) is 0 Å². The van der Waals surface area contributed by atoms with Gasteiger partial charge in [-0.1, -0.05) is 11.8 Å². The lowest BCUT2D eigenvalue weighted by atomic mass is 10.3. The van der Waals surface area contributed by atoms with Crippen LogP contribution in [0.1, 0.15) is 6.42 Å². The summed E-state index contributed by atoms with van der Waals surface area (Å²) in [6.07, 6.45) is -0.146. The van der Waals surface area contributed by atoms with Crippen molar-refractivity contribution in [2.75, 3.05) is 14.1 Å². The van der Waals surface area contributed by atoms with E-state index >= 15 is 0 Å². The summed E-state index contributed by atoms with van der Waals surface area (Å²) < 4.78 is 0. The molecule has 1 saturated heterocycles. The van der Waals surface area contributed by atoms with Crippen LogP contribution in [-0.4, -0.2) is 46.4 Å². The predicted molar refractivity (Wildman–Crippen MR) is 49.8 cm³/mol. The highest BCUT2D eigenvalue weighted by Crippen LogP contribution is 2.27. The minimum atomic E-state index is -0.961. The molecule has 0 saturated carbocycles. The molecule has 0 aromatic heterocycles. The zero-order chi connectivity index (χ0) is 10.0. The van der Waals surface area contributed by atoms with Gasteiger partial charge in [-0.3, -0.25) is 19.5 Å². The molecular weight excluding hydrogens is 192 g/mol. The van der Waals surface area contributed by atoms with Crippen molar-refractivity contribution in [1.29, 1.82) is 0 Å². The van der Waals surface area contributed by atoms with E-state index in [1.165, 1.54) is 16.7 Å². The number of carboxylic acids is 1. The van der Waals surface area contributed by atoms with Crippen molar-refractivity contribution < 1.29 is 14.7 Å². The van der Waals surface area contributed by atoms with E-state index in [2.05, 4.69) is 4.99 Å². The van der Waals surface area contributed by atoms with Crippen LogP contribution in [0.15, 0.2) is 4.99 Å². The van der Waals surface area contributed by atoms with Crippen molar-refractivity contribution in [2.24, 2.45) is 4.99 Å². The molecule has 1 aliphatic heterocycles. The van der Waals surface area contributed by atoms with Gasteiger partial charge in [-0.15, -0.1) is 0 Å². The Kier molecular flexibility index (Phi) is 2.92. The molecule has 0 aromatic rings. The molecule has 1 atom stereocenters. The van der Waals surface area contributed by atoms with E-state index in [1.54, 1.807) is 14.1 Å². The molecule has 1 rings (SSSR count). The number of carbonyl (C=O) groups is 2. The third kappa shape index (κ3) is 2.00. The standard InChI is InChI=1S/C7H10N2O3S/c1-8-7-9(2)6(12)4(13-7)3-5(10)11/h4H,3H2,1-2H3,(H,10,11)/t4-/m1/s1. The number of hydrogen-bond acceptors (Lipinski definition) is 4. The van der Waals surface area contributed by atoms with Gasteiger partial charge in [0.05, 0.1) is 6.42 Å². The average molecular weight is 202 g/mol. The van der Waals surface area contributed by atoms with Gasteiger partial charge >= 0.3 is 5.97 Å². The number of amides is 1. The Bertz CT molecular complexity index is 277. The zero-order valence-corrected chi connectivity index (χ0v) is 8.17. The minimum Gasteiger partial charge on any atom is -0.481 e. The Hall–Kier alpha value is -1.04. The van der Waals surface area contributed by atoms with E-state index in [4.69, 9.17) is 5.11 Å². The summed E-state index contributed by atoms with van der Waals surface area (Å²) in [6, 6.07) is 0. The van der Waals surface area contributed by atoms with Gasteiger partial charge in [0.15, 0.2) is 5.17 Å². The fraction of sp³-hybridized carbons (Fsp3) is 0.571. The zero-order valence-electron chi connectivity index (χ0n) is 7.35. The van der Waals surface area contributed by atoms with Crippen LogP contribution in [0.2, 0.25) is 0 Å².